The van der Waals surface area contributed by atoms with Crippen molar-refractivity contribution in [2.75, 3.05) is 6.54 Å². The number of aromatic nitrogens is 1. The van der Waals surface area contributed by atoms with Gasteiger partial charge in [-0.15, -0.1) is 0 Å². The number of aryl methyl sites for hydroxylation is 1. The standard InChI is InChI=1S/C21H19N3O/c1-2-23-13-18-10-11-24(14-17-4-3-5-19(23)20(17)18)21(25)16-8-6-15(12-22)7-9-16/h3-9,13H,2,10-11,14H2,1H3. The number of carbonyl (C=O) groups excluding carboxylic acids is 1. The fraction of sp³-hybridized carbons (Fsp3) is 0.238. The van der Waals surface area contributed by atoms with Gasteiger partial charge in [0.1, 0.15) is 0 Å². The quantitative estimate of drug-likeness (QED) is 0.719. The van der Waals surface area contributed by atoms with Crippen molar-refractivity contribution in [1.29, 1.82) is 5.26 Å². The van der Waals surface area contributed by atoms with E-state index < -0.39 is 0 Å². The van der Waals surface area contributed by atoms with Crippen LogP contribution >= 0.6 is 0 Å². The van der Waals surface area contributed by atoms with Crippen molar-refractivity contribution >= 4 is 16.8 Å². The van der Waals surface area contributed by atoms with E-state index in [2.05, 4.69) is 42.0 Å². The number of rotatable bonds is 2. The average Bonchev–Trinajstić information content (AvgIpc) is 2.92. The summed E-state index contributed by atoms with van der Waals surface area (Å²) in [6.07, 6.45) is 3.09. The van der Waals surface area contributed by atoms with E-state index in [1.165, 1.54) is 22.0 Å². The minimum absolute atomic E-state index is 0.0232. The van der Waals surface area contributed by atoms with E-state index in [-0.39, 0.29) is 5.91 Å². The normalized spacial score (nSPS) is 13.5. The maximum atomic E-state index is 12.9. The SMILES string of the molecule is CCn1cc2c3c(cccc31)CN(C(=O)c1ccc(C#N)cc1)CC2. The molecule has 124 valence electrons. The molecule has 3 aromatic rings. The summed E-state index contributed by atoms with van der Waals surface area (Å²) in [5, 5.41) is 10.2. The first kappa shape index (κ1) is 15.5. The summed E-state index contributed by atoms with van der Waals surface area (Å²) in [4.78, 5) is 14.8. The summed E-state index contributed by atoms with van der Waals surface area (Å²) in [7, 11) is 0. The van der Waals surface area contributed by atoms with Gasteiger partial charge in [-0.05, 0) is 54.8 Å². The molecule has 25 heavy (non-hydrogen) atoms. The average molecular weight is 329 g/mol. The van der Waals surface area contributed by atoms with Gasteiger partial charge in [0, 0.05) is 42.3 Å². The summed E-state index contributed by atoms with van der Waals surface area (Å²) in [5.41, 5.74) is 4.99. The number of benzene rings is 2. The van der Waals surface area contributed by atoms with Crippen molar-refractivity contribution in [3.8, 4) is 6.07 Å². The highest BCUT2D eigenvalue weighted by Crippen LogP contribution is 2.30. The van der Waals surface area contributed by atoms with E-state index >= 15 is 0 Å². The van der Waals surface area contributed by atoms with Crippen molar-refractivity contribution in [3.63, 3.8) is 0 Å². The van der Waals surface area contributed by atoms with Crippen molar-refractivity contribution in [3.05, 3.63) is 70.9 Å². The molecule has 0 radical (unpaired) electrons. The Morgan fingerprint density at radius 3 is 2.68 bits per heavy atom. The Morgan fingerprint density at radius 2 is 1.96 bits per heavy atom. The van der Waals surface area contributed by atoms with Gasteiger partial charge in [-0.1, -0.05) is 12.1 Å². The van der Waals surface area contributed by atoms with Gasteiger partial charge in [-0.2, -0.15) is 5.26 Å². The Kier molecular flexibility index (Phi) is 3.77. The lowest BCUT2D eigenvalue weighted by Gasteiger charge is -2.21. The van der Waals surface area contributed by atoms with Crippen LogP contribution in [-0.4, -0.2) is 21.9 Å². The highest BCUT2D eigenvalue weighted by Gasteiger charge is 2.22. The minimum atomic E-state index is 0.0232. The number of hydrogen-bond acceptors (Lipinski definition) is 2. The summed E-state index contributed by atoms with van der Waals surface area (Å²) in [6.45, 7) is 4.43. The van der Waals surface area contributed by atoms with E-state index in [0.29, 0.717) is 24.2 Å². The Morgan fingerprint density at radius 1 is 1.16 bits per heavy atom. The van der Waals surface area contributed by atoms with Crippen LogP contribution in [0, 0.1) is 11.3 Å². The molecule has 0 bridgehead atoms. The van der Waals surface area contributed by atoms with Crippen LogP contribution in [0.15, 0.2) is 48.7 Å². The lowest BCUT2D eigenvalue weighted by atomic mass is 10.1. The molecule has 1 aromatic heterocycles. The van der Waals surface area contributed by atoms with Crippen LogP contribution in [-0.2, 0) is 19.5 Å². The molecule has 0 saturated heterocycles. The van der Waals surface area contributed by atoms with Gasteiger partial charge in [0.2, 0.25) is 0 Å². The number of carbonyl (C=O) groups is 1. The van der Waals surface area contributed by atoms with Crippen LogP contribution in [0.1, 0.15) is 34.0 Å². The van der Waals surface area contributed by atoms with Crippen LogP contribution in [0.3, 0.4) is 0 Å². The van der Waals surface area contributed by atoms with Crippen LogP contribution < -0.4 is 0 Å². The maximum absolute atomic E-state index is 12.9. The molecule has 0 saturated carbocycles. The first-order valence-electron chi connectivity index (χ1n) is 8.60. The molecule has 4 heteroatoms. The highest BCUT2D eigenvalue weighted by atomic mass is 16.2. The van der Waals surface area contributed by atoms with Gasteiger partial charge in [-0.25, -0.2) is 0 Å². The lowest BCUT2D eigenvalue weighted by molar-refractivity contribution is 0.0748. The van der Waals surface area contributed by atoms with E-state index in [4.69, 9.17) is 5.26 Å². The smallest absolute Gasteiger partial charge is 0.254 e. The molecule has 0 atom stereocenters. The Labute approximate surface area is 146 Å². The molecule has 1 amide bonds. The van der Waals surface area contributed by atoms with Crippen molar-refractivity contribution in [2.45, 2.75) is 26.4 Å². The Balaban J connectivity index is 1.68. The van der Waals surface area contributed by atoms with Gasteiger partial charge in [0.15, 0.2) is 0 Å². The molecular weight excluding hydrogens is 310 g/mol. The third kappa shape index (κ3) is 2.58. The topological polar surface area (TPSA) is 49.0 Å². The Bertz CT molecular complexity index is 992. The zero-order chi connectivity index (χ0) is 17.4. The molecule has 0 N–H and O–H groups in total. The van der Waals surface area contributed by atoms with Crippen LogP contribution in [0.4, 0.5) is 0 Å². The zero-order valence-electron chi connectivity index (χ0n) is 14.2. The molecule has 2 aromatic carbocycles. The van der Waals surface area contributed by atoms with Gasteiger partial charge < -0.3 is 9.47 Å². The predicted molar refractivity (Wildman–Crippen MR) is 97.2 cm³/mol. The molecule has 4 nitrogen and oxygen atoms in total. The minimum Gasteiger partial charge on any atom is -0.347 e. The van der Waals surface area contributed by atoms with E-state index in [1.54, 1.807) is 24.3 Å². The number of hydrogen-bond donors (Lipinski definition) is 0. The largest absolute Gasteiger partial charge is 0.347 e. The molecule has 0 fully saturated rings. The first-order chi connectivity index (χ1) is 12.2. The number of nitriles is 1. The van der Waals surface area contributed by atoms with Gasteiger partial charge in [0.05, 0.1) is 11.6 Å². The number of nitrogens with zero attached hydrogens (tertiary/aromatic N) is 3. The molecule has 1 aliphatic heterocycles. The fourth-order valence-corrected chi connectivity index (χ4v) is 3.69. The molecular formula is C21H19N3O. The number of amides is 1. The summed E-state index contributed by atoms with van der Waals surface area (Å²) >= 11 is 0. The fourth-order valence-electron chi connectivity index (χ4n) is 3.69. The highest BCUT2D eigenvalue weighted by molar-refractivity contribution is 5.95. The first-order valence-corrected chi connectivity index (χ1v) is 8.60. The summed E-state index contributed by atoms with van der Waals surface area (Å²) in [6, 6.07) is 15.3. The third-order valence-corrected chi connectivity index (χ3v) is 4.97. The van der Waals surface area contributed by atoms with Crippen LogP contribution in [0.2, 0.25) is 0 Å². The molecule has 0 spiro atoms. The molecule has 4 rings (SSSR count). The van der Waals surface area contributed by atoms with E-state index in [9.17, 15) is 4.79 Å². The summed E-state index contributed by atoms with van der Waals surface area (Å²) in [5.74, 6) is 0.0232. The van der Waals surface area contributed by atoms with Crippen molar-refractivity contribution < 1.29 is 4.79 Å². The lowest BCUT2D eigenvalue weighted by Crippen LogP contribution is -2.31. The second-order valence-corrected chi connectivity index (χ2v) is 6.42. The second kappa shape index (κ2) is 6.10. The summed E-state index contributed by atoms with van der Waals surface area (Å²) < 4.78 is 2.28. The molecule has 2 heterocycles. The van der Waals surface area contributed by atoms with Crippen LogP contribution in [0.5, 0.6) is 0 Å². The van der Waals surface area contributed by atoms with E-state index in [0.717, 1.165) is 13.0 Å². The molecule has 1 aliphatic rings. The third-order valence-electron chi connectivity index (χ3n) is 4.97. The predicted octanol–water partition coefficient (Wildman–Crippen LogP) is 3.73. The van der Waals surface area contributed by atoms with Crippen LogP contribution in [0.25, 0.3) is 10.9 Å². The molecule has 0 aliphatic carbocycles. The van der Waals surface area contributed by atoms with E-state index in [1.807, 2.05) is 4.90 Å². The molecule has 0 unspecified atom stereocenters. The monoisotopic (exact) mass is 329 g/mol. The van der Waals surface area contributed by atoms with Crippen molar-refractivity contribution in [1.82, 2.24) is 9.47 Å². The maximum Gasteiger partial charge on any atom is 0.254 e. The van der Waals surface area contributed by atoms with Crippen molar-refractivity contribution in [2.24, 2.45) is 0 Å². The van der Waals surface area contributed by atoms with Gasteiger partial charge in [-0.3, -0.25) is 4.79 Å². The zero-order valence-corrected chi connectivity index (χ0v) is 14.2. The second-order valence-electron chi connectivity index (χ2n) is 6.42. The Hall–Kier alpha value is -3.06. The van der Waals surface area contributed by atoms with Gasteiger partial charge in [0.25, 0.3) is 5.91 Å². The van der Waals surface area contributed by atoms with Gasteiger partial charge >= 0.3 is 0 Å².